The van der Waals surface area contributed by atoms with E-state index >= 15 is 0 Å². The van der Waals surface area contributed by atoms with Crippen molar-refractivity contribution in [2.45, 2.75) is 56.1 Å². The number of benzene rings is 2. The van der Waals surface area contributed by atoms with Gasteiger partial charge in [-0.15, -0.1) is 6.42 Å². The first kappa shape index (κ1) is 19.1. The number of imidazole rings is 1. The van der Waals surface area contributed by atoms with E-state index in [1.54, 1.807) is 18.2 Å². The average molecular weight is 504 g/mol. The third-order valence-electron chi connectivity index (χ3n) is 9.35. The number of amides is 1. The molecule has 38 heavy (non-hydrogen) atoms. The van der Waals surface area contributed by atoms with Crippen molar-refractivity contribution in [2.75, 3.05) is 6.98 Å². The minimum absolute atomic E-state index is 0.326. The quantitative estimate of drug-likeness (QED) is 0.400. The van der Waals surface area contributed by atoms with Crippen molar-refractivity contribution in [3.63, 3.8) is 0 Å². The van der Waals surface area contributed by atoms with Crippen LogP contribution in [0.2, 0.25) is 0 Å². The summed E-state index contributed by atoms with van der Waals surface area (Å²) in [6.07, 6.45) is 15.6. The molecule has 4 aromatic rings. The van der Waals surface area contributed by atoms with Crippen LogP contribution in [0.1, 0.15) is 87.9 Å². The highest BCUT2D eigenvalue weighted by atomic mass is 16.2. The molecule has 2 aromatic heterocycles. The van der Waals surface area contributed by atoms with Gasteiger partial charge in [0.25, 0.3) is 5.91 Å². The van der Waals surface area contributed by atoms with Crippen LogP contribution in [0, 0.1) is 17.8 Å². The molecule has 0 unspecified atom stereocenters. The minimum atomic E-state index is -2.64. The van der Waals surface area contributed by atoms with Gasteiger partial charge in [-0.1, -0.05) is 24.5 Å². The number of rotatable bonds is 2. The lowest BCUT2D eigenvalue weighted by atomic mass is 9.48. The number of hydrogen-bond acceptors (Lipinski definition) is 5. The summed E-state index contributed by atoms with van der Waals surface area (Å²) in [7, 11) is 0. The molecule has 2 atom stereocenters. The minimum Gasteiger partial charge on any atom is -0.331 e. The number of hydrogen-bond donors (Lipinski definition) is 1. The van der Waals surface area contributed by atoms with Crippen LogP contribution < -0.4 is 5.73 Å². The Kier molecular flexibility index (Phi) is 3.67. The maximum absolute atomic E-state index is 13.6. The van der Waals surface area contributed by atoms with Crippen LogP contribution in [-0.2, 0) is 5.54 Å². The van der Waals surface area contributed by atoms with Gasteiger partial charge in [0.2, 0.25) is 0 Å². The molecule has 4 aliphatic rings. The SMILES string of the molecule is [2H]C([2H])([2H])N1C(=O)c2cccc(C#C)c2[C@H]2C[C@@H]1c1nc3ccc(-c4cnc(C5(N)CC6(CCC6)C5)nc4)cc3n12. The van der Waals surface area contributed by atoms with Crippen LogP contribution in [-0.4, -0.2) is 37.3 Å². The van der Waals surface area contributed by atoms with Crippen molar-refractivity contribution in [1.82, 2.24) is 24.4 Å². The van der Waals surface area contributed by atoms with Gasteiger partial charge >= 0.3 is 0 Å². The molecule has 0 saturated heterocycles. The number of carbonyl (C=O) groups is 1. The molecule has 7 nitrogen and oxygen atoms in total. The summed E-state index contributed by atoms with van der Waals surface area (Å²) in [6, 6.07) is 10.0. The molecule has 1 amide bonds. The molecule has 2 aliphatic carbocycles. The second-order valence-corrected chi connectivity index (χ2v) is 11.6. The Morgan fingerprint density at radius 1 is 1.13 bits per heavy atom. The Balaban J connectivity index is 1.23. The predicted molar refractivity (Wildman–Crippen MR) is 144 cm³/mol. The zero-order valence-electron chi connectivity index (χ0n) is 23.8. The van der Waals surface area contributed by atoms with Crippen molar-refractivity contribution >= 4 is 16.9 Å². The molecule has 188 valence electrons. The molecule has 0 radical (unpaired) electrons. The highest BCUT2D eigenvalue weighted by molar-refractivity contribution is 5.98. The Morgan fingerprint density at radius 2 is 1.95 bits per heavy atom. The smallest absolute Gasteiger partial charge is 0.254 e. The Morgan fingerprint density at radius 3 is 2.66 bits per heavy atom. The lowest BCUT2D eigenvalue weighted by molar-refractivity contribution is -0.0502. The van der Waals surface area contributed by atoms with Crippen LogP contribution in [0.5, 0.6) is 0 Å². The van der Waals surface area contributed by atoms with Crippen molar-refractivity contribution in [3.8, 4) is 23.5 Å². The Hall–Kier alpha value is -4.02. The van der Waals surface area contributed by atoms with E-state index in [4.69, 9.17) is 21.3 Å². The number of terminal acetylenes is 1. The Bertz CT molecular complexity index is 1810. The van der Waals surface area contributed by atoms with Gasteiger partial charge in [0, 0.05) is 52.2 Å². The summed E-state index contributed by atoms with van der Waals surface area (Å²) < 4.78 is 26.7. The van der Waals surface area contributed by atoms with Crippen molar-refractivity contribution in [2.24, 2.45) is 11.1 Å². The number of fused-ring (bicyclic) bond motifs is 9. The van der Waals surface area contributed by atoms with Gasteiger partial charge in [0.05, 0.1) is 28.7 Å². The third kappa shape index (κ3) is 2.79. The van der Waals surface area contributed by atoms with Gasteiger partial charge < -0.3 is 15.2 Å². The monoisotopic (exact) mass is 503 g/mol. The van der Waals surface area contributed by atoms with Gasteiger partial charge in [0.1, 0.15) is 11.6 Å². The fraction of sp³-hybridized carbons (Fsp3) is 0.355. The predicted octanol–water partition coefficient (Wildman–Crippen LogP) is 4.71. The number of carbonyl (C=O) groups excluding carboxylic acids is 1. The number of nitrogens with zero attached hydrogens (tertiary/aromatic N) is 5. The molecular formula is C31H28N6O. The second kappa shape index (κ2) is 7.30. The van der Waals surface area contributed by atoms with Gasteiger partial charge in [-0.25, -0.2) is 15.0 Å². The molecule has 8 rings (SSSR count). The van der Waals surface area contributed by atoms with Crippen molar-refractivity contribution in [1.29, 1.82) is 0 Å². The largest absolute Gasteiger partial charge is 0.331 e. The maximum Gasteiger partial charge on any atom is 0.254 e. The van der Waals surface area contributed by atoms with E-state index in [1.807, 2.05) is 30.6 Å². The molecule has 2 aromatic carbocycles. The van der Waals surface area contributed by atoms with Gasteiger partial charge in [-0.3, -0.25) is 4.79 Å². The first-order valence-corrected chi connectivity index (χ1v) is 13.2. The van der Waals surface area contributed by atoms with Crippen LogP contribution >= 0.6 is 0 Å². The fourth-order valence-electron chi connectivity index (χ4n) is 7.46. The summed E-state index contributed by atoms with van der Waals surface area (Å²) in [5.41, 5.74) is 11.6. The van der Waals surface area contributed by atoms with Gasteiger partial charge in [-0.2, -0.15) is 0 Å². The molecule has 2 N–H and O–H groups in total. The van der Waals surface area contributed by atoms with E-state index in [-0.39, 0.29) is 6.04 Å². The van der Waals surface area contributed by atoms with Crippen LogP contribution in [0.25, 0.3) is 22.2 Å². The molecule has 7 heteroatoms. The standard InChI is InChI=1S/C31H28N6O/c1-3-18-6-4-7-21-26(18)24-13-25(36(2)28(21)38)27-35-22-9-8-19(12-23(22)37(24)27)20-14-33-29(34-15-20)31(32)16-30(17-31)10-5-11-30/h1,4,6-9,12,14-15,24-25H,5,10-11,13,16-17,32H2,2H3/t24-,25-/m1/s1/i2D3. The van der Waals surface area contributed by atoms with Crippen LogP contribution in [0.15, 0.2) is 48.8 Å². The van der Waals surface area contributed by atoms with Gasteiger partial charge in [0.15, 0.2) is 0 Å². The Labute approximate surface area is 225 Å². The zero-order valence-corrected chi connectivity index (χ0v) is 20.8. The van der Waals surface area contributed by atoms with Crippen LogP contribution in [0.4, 0.5) is 0 Å². The average Bonchev–Trinajstić information content (AvgIpc) is 3.42. The highest BCUT2D eigenvalue weighted by Gasteiger charge is 2.57. The third-order valence-corrected chi connectivity index (χ3v) is 9.35. The van der Waals surface area contributed by atoms with Crippen LogP contribution in [0.3, 0.4) is 0 Å². The molecule has 4 heterocycles. The first-order chi connectivity index (χ1) is 19.6. The number of aromatic nitrogens is 4. The van der Waals surface area contributed by atoms with E-state index in [0.717, 1.165) is 39.9 Å². The van der Waals surface area contributed by atoms with E-state index in [2.05, 4.69) is 20.5 Å². The highest BCUT2D eigenvalue weighted by Crippen LogP contribution is 2.62. The van der Waals surface area contributed by atoms with E-state index in [9.17, 15) is 4.79 Å². The summed E-state index contributed by atoms with van der Waals surface area (Å²) >= 11 is 0. The molecule has 2 bridgehead atoms. The summed E-state index contributed by atoms with van der Waals surface area (Å²) in [5, 5.41) is 0. The lowest BCUT2D eigenvalue weighted by Gasteiger charge is -2.58. The normalized spacial score (nSPS) is 25.3. The number of nitrogens with two attached hydrogens (primary N) is 1. The maximum atomic E-state index is 13.6. The van der Waals surface area contributed by atoms with Crippen molar-refractivity contribution in [3.05, 3.63) is 77.1 Å². The zero-order chi connectivity index (χ0) is 28.3. The fourth-order valence-corrected chi connectivity index (χ4v) is 7.46. The van der Waals surface area contributed by atoms with E-state index in [1.165, 1.54) is 19.3 Å². The first-order valence-electron chi connectivity index (χ1n) is 14.7. The topological polar surface area (TPSA) is 89.9 Å². The van der Waals surface area contributed by atoms with Gasteiger partial charge in [-0.05, 0) is 60.9 Å². The van der Waals surface area contributed by atoms with Crippen molar-refractivity contribution < 1.29 is 8.91 Å². The molecular weight excluding hydrogens is 472 g/mol. The summed E-state index contributed by atoms with van der Waals surface area (Å²) in [5.74, 6) is 3.42. The molecule has 2 saturated carbocycles. The lowest BCUT2D eigenvalue weighted by Crippen LogP contribution is -2.58. The van der Waals surface area contributed by atoms with E-state index < -0.39 is 24.5 Å². The summed E-state index contributed by atoms with van der Waals surface area (Å²) in [4.78, 5) is 28.9. The second-order valence-electron chi connectivity index (χ2n) is 11.6. The molecule has 2 aliphatic heterocycles. The molecule has 1 spiro atoms. The summed E-state index contributed by atoms with van der Waals surface area (Å²) in [6.45, 7) is -2.64. The molecule has 2 fully saturated rings. The van der Waals surface area contributed by atoms with E-state index in [0.29, 0.717) is 40.2 Å².